The number of hydrogen-bond acceptors (Lipinski definition) is 3. The van der Waals surface area contributed by atoms with E-state index in [4.69, 9.17) is 0 Å². The number of rotatable bonds is 4. The van der Waals surface area contributed by atoms with Gasteiger partial charge in [-0.1, -0.05) is 18.2 Å². The number of aromatic nitrogens is 2. The van der Waals surface area contributed by atoms with Crippen molar-refractivity contribution in [3.63, 3.8) is 0 Å². The van der Waals surface area contributed by atoms with E-state index in [1.807, 2.05) is 6.07 Å². The molecule has 4 aromatic rings. The summed E-state index contributed by atoms with van der Waals surface area (Å²) in [6.07, 6.45) is -3.14. The van der Waals surface area contributed by atoms with Crippen LogP contribution < -0.4 is 10.1 Å². The third kappa shape index (κ3) is 4.06. The lowest BCUT2D eigenvalue weighted by Crippen LogP contribution is -2.17. The third-order valence-corrected chi connectivity index (χ3v) is 3.98. The summed E-state index contributed by atoms with van der Waals surface area (Å²) in [6.45, 7) is 0. The molecule has 0 aliphatic carbocycles. The molecule has 4 rings (SSSR count). The Morgan fingerprint density at radius 3 is 2.57 bits per heavy atom. The second-order valence-electron chi connectivity index (χ2n) is 6.05. The fourth-order valence-electron chi connectivity index (χ4n) is 2.82. The molecule has 142 valence electrons. The van der Waals surface area contributed by atoms with Crippen molar-refractivity contribution in [2.75, 3.05) is 5.32 Å². The monoisotopic (exact) mass is 387 g/mol. The van der Waals surface area contributed by atoms with Crippen LogP contribution in [0.15, 0.2) is 66.9 Å². The Morgan fingerprint density at radius 2 is 1.79 bits per heavy atom. The van der Waals surface area contributed by atoms with Crippen molar-refractivity contribution in [3.05, 3.63) is 72.7 Å². The Morgan fingerprint density at radius 1 is 0.964 bits per heavy atom. The van der Waals surface area contributed by atoms with Crippen LogP contribution in [0.5, 0.6) is 5.75 Å². The lowest BCUT2D eigenvalue weighted by Gasteiger charge is -2.11. The average molecular weight is 387 g/mol. The molecule has 2 heterocycles. The molecule has 0 aliphatic rings. The van der Waals surface area contributed by atoms with E-state index < -0.39 is 6.36 Å². The molecule has 0 spiro atoms. The molecule has 0 saturated heterocycles. The maximum atomic E-state index is 13.4. The first-order valence-electron chi connectivity index (χ1n) is 8.23. The first-order chi connectivity index (χ1) is 13.4. The maximum absolute atomic E-state index is 13.4. The molecule has 0 radical (unpaired) electrons. The van der Waals surface area contributed by atoms with E-state index in [0.717, 1.165) is 16.6 Å². The highest BCUT2D eigenvalue weighted by molar-refractivity contribution is 5.87. The van der Waals surface area contributed by atoms with Crippen molar-refractivity contribution in [1.82, 2.24) is 9.97 Å². The molecule has 28 heavy (non-hydrogen) atoms. The Bertz CT molecular complexity index is 1140. The standard InChI is InChI=1S/C20H13F4N3O/c21-14-4-1-3-12(7-14)17-8-13-11-25-19(10-18(13)27-17)26-15-5-2-6-16(9-15)28-20(22,23)24/h1-11,27H,(H,25,26). The van der Waals surface area contributed by atoms with E-state index in [9.17, 15) is 17.6 Å². The van der Waals surface area contributed by atoms with Gasteiger partial charge in [-0.2, -0.15) is 0 Å². The lowest BCUT2D eigenvalue weighted by molar-refractivity contribution is -0.274. The summed E-state index contributed by atoms with van der Waals surface area (Å²) in [4.78, 5) is 7.45. The summed E-state index contributed by atoms with van der Waals surface area (Å²) >= 11 is 0. The highest BCUT2D eigenvalue weighted by atomic mass is 19.4. The van der Waals surface area contributed by atoms with E-state index in [2.05, 4.69) is 20.0 Å². The Labute approximate surface area is 156 Å². The summed E-state index contributed by atoms with van der Waals surface area (Å²) in [7, 11) is 0. The zero-order valence-corrected chi connectivity index (χ0v) is 14.2. The van der Waals surface area contributed by atoms with Crippen molar-refractivity contribution >= 4 is 22.4 Å². The molecule has 2 aromatic carbocycles. The van der Waals surface area contributed by atoms with Gasteiger partial charge in [0.05, 0.1) is 5.52 Å². The van der Waals surface area contributed by atoms with Gasteiger partial charge in [-0.05, 0) is 30.3 Å². The number of nitrogens with zero attached hydrogens (tertiary/aromatic N) is 1. The predicted molar refractivity (Wildman–Crippen MR) is 97.9 cm³/mol. The van der Waals surface area contributed by atoms with Gasteiger partial charge in [-0.3, -0.25) is 0 Å². The van der Waals surface area contributed by atoms with Gasteiger partial charge in [-0.15, -0.1) is 13.2 Å². The summed E-state index contributed by atoms with van der Waals surface area (Å²) < 4.78 is 54.4. The number of fused-ring (bicyclic) bond motifs is 1. The van der Waals surface area contributed by atoms with Crippen LogP contribution in [-0.4, -0.2) is 16.3 Å². The van der Waals surface area contributed by atoms with Gasteiger partial charge in [-0.25, -0.2) is 9.37 Å². The number of benzene rings is 2. The Balaban J connectivity index is 1.59. The number of anilines is 2. The number of nitrogens with one attached hydrogen (secondary N) is 2. The summed E-state index contributed by atoms with van der Waals surface area (Å²) in [5.41, 5.74) is 2.57. The molecule has 4 nitrogen and oxygen atoms in total. The van der Waals surface area contributed by atoms with E-state index in [1.54, 1.807) is 30.5 Å². The van der Waals surface area contributed by atoms with E-state index in [1.165, 1.54) is 30.3 Å². The fraction of sp³-hybridized carbons (Fsp3) is 0.0500. The second kappa shape index (κ2) is 6.88. The van der Waals surface area contributed by atoms with Gasteiger partial charge >= 0.3 is 6.36 Å². The number of aromatic amines is 1. The zero-order chi connectivity index (χ0) is 19.7. The summed E-state index contributed by atoms with van der Waals surface area (Å²) in [6, 6.07) is 15.2. The molecule has 0 aliphatic heterocycles. The van der Waals surface area contributed by atoms with Gasteiger partial charge in [0.25, 0.3) is 0 Å². The molecule has 0 amide bonds. The van der Waals surface area contributed by atoms with Gasteiger partial charge in [0.15, 0.2) is 0 Å². The summed E-state index contributed by atoms with van der Waals surface area (Å²) in [5, 5.41) is 3.76. The molecule has 0 saturated carbocycles. The van der Waals surface area contributed by atoms with Crippen LogP contribution >= 0.6 is 0 Å². The van der Waals surface area contributed by atoms with Gasteiger partial charge in [0.2, 0.25) is 0 Å². The minimum absolute atomic E-state index is 0.327. The average Bonchev–Trinajstić information content (AvgIpc) is 3.04. The Kier molecular flexibility index (Phi) is 4.38. The number of H-pyrrole nitrogens is 1. The Hall–Kier alpha value is -3.55. The predicted octanol–water partition coefficient (Wildman–Crippen LogP) is 6.01. The molecule has 0 unspecified atom stereocenters. The SMILES string of the molecule is Fc1cccc(-c2cc3cnc(Nc4cccc(OC(F)(F)F)c4)cc3[nH]2)c1. The quantitative estimate of drug-likeness (QED) is 0.422. The van der Waals surface area contributed by atoms with E-state index in [0.29, 0.717) is 17.1 Å². The van der Waals surface area contributed by atoms with Gasteiger partial charge in [0.1, 0.15) is 17.4 Å². The molecule has 2 N–H and O–H groups in total. The second-order valence-corrected chi connectivity index (χ2v) is 6.05. The molecule has 2 aromatic heterocycles. The normalized spacial score (nSPS) is 11.6. The van der Waals surface area contributed by atoms with E-state index in [-0.39, 0.29) is 11.6 Å². The summed E-state index contributed by atoms with van der Waals surface area (Å²) in [5.74, 6) is -0.228. The van der Waals surface area contributed by atoms with Crippen molar-refractivity contribution in [2.24, 2.45) is 0 Å². The highest BCUT2D eigenvalue weighted by Gasteiger charge is 2.31. The molecular weight excluding hydrogens is 374 g/mol. The molecule has 0 bridgehead atoms. The van der Waals surface area contributed by atoms with E-state index >= 15 is 0 Å². The van der Waals surface area contributed by atoms with Crippen LogP contribution in [0.3, 0.4) is 0 Å². The van der Waals surface area contributed by atoms with Crippen LogP contribution in [0.4, 0.5) is 29.1 Å². The maximum Gasteiger partial charge on any atom is 0.573 e. The number of hydrogen-bond donors (Lipinski definition) is 2. The number of alkyl halides is 3. The van der Waals surface area contributed by atoms with Gasteiger partial charge in [0, 0.05) is 40.7 Å². The van der Waals surface area contributed by atoms with Crippen LogP contribution in [0.1, 0.15) is 0 Å². The van der Waals surface area contributed by atoms with Crippen molar-refractivity contribution < 1.29 is 22.3 Å². The largest absolute Gasteiger partial charge is 0.573 e. The minimum atomic E-state index is -4.76. The highest BCUT2D eigenvalue weighted by Crippen LogP contribution is 2.28. The van der Waals surface area contributed by atoms with Crippen LogP contribution in [0.2, 0.25) is 0 Å². The molecule has 0 fully saturated rings. The first-order valence-corrected chi connectivity index (χ1v) is 8.23. The topological polar surface area (TPSA) is 49.9 Å². The van der Waals surface area contributed by atoms with Crippen LogP contribution in [0.25, 0.3) is 22.2 Å². The smallest absolute Gasteiger partial charge is 0.406 e. The van der Waals surface area contributed by atoms with Crippen LogP contribution in [-0.2, 0) is 0 Å². The van der Waals surface area contributed by atoms with Crippen LogP contribution in [0, 0.1) is 5.82 Å². The number of halogens is 4. The minimum Gasteiger partial charge on any atom is -0.406 e. The van der Waals surface area contributed by atoms with Crippen molar-refractivity contribution in [2.45, 2.75) is 6.36 Å². The molecular formula is C20H13F4N3O. The molecule has 0 atom stereocenters. The number of ether oxygens (including phenoxy) is 1. The van der Waals surface area contributed by atoms with Gasteiger partial charge < -0.3 is 15.0 Å². The lowest BCUT2D eigenvalue weighted by atomic mass is 10.1. The number of pyridine rings is 1. The van der Waals surface area contributed by atoms with Crippen molar-refractivity contribution in [3.8, 4) is 17.0 Å². The van der Waals surface area contributed by atoms with Crippen molar-refractivity contribution in [1.29, 1.82) is 0 Å². The molecule has 8 heteroatoms. The fourth-order valence-corrected chi connectivity index (χ4v) is 2.82. The first kappa shape index (κ1) is 17.8. The third-order valence-electron chi connectivity index (χ3n) is 3.98. The zero-order valence-electron chi connectivity index (χ0n) is 14.2.